The summed E-state index contributed by atoms with van der Waals surface area (Å²) in [6.45, 7) is 5.20. The van der Waals surface area contributed by atoms with Crippen molar-refractivity contribution in [3.05, 3.63) is 30.4 Å². The molecular formula is C12H16N3S+. The zero-order valence-corrected chi connectivity index (χ0v) is 10.5. The van der Waals surface area contributed by atoms with Crippen molar-refractivity contribution in [2.45, 2.75) is 33.2 Å². The Bertz CT molecular complexity index is 465. The SMILES string of the molecule is CCCC[n+]1cccc(-c2nc(C)ns2)c1. The van der Waals surface area contributed by atoms with E-state index >= 15 is 0 Å². The Hall–Kier alpha value is -1.29. The number of hydrogen-bond acceptors (Lipinski definition) is 3. The normalized spacial score (nSPS) is 10.6. The molecule has 0 saturated heterocycles. The van der Waals surface area contributed by atoms with Crippen LogP contribution in [0.1, 0.15) is 25.6 Å². The van der Waals surface area contributed by atoms with Crippen LogP contribution in [0.4, 0.5) is 0 Å². The average molecular weight is 234 g/mol. The van der Waals surface area contributed by atoms with E-state index in [2.05, 4.69) is 45.4 Å². The number of rotatable bonds is 4. The summed E-state index contributed by atoms with van der Waals surface area (Å²) in [4.78, 5) is 4.40. The molecule has 84 valence electrons. The lowest BCUT2D eigenvalue weighted by Crippen LogP contribution is -2.32. The Labute approximate surface area is 100.0 Å². The van der Waals surface area contributed by atoms with Crippen molar-refractivity contribution in [1.82, 2.24) is 9.36 Å². The first-order valence-electron chi connectivity index (χ1n) is 5.59. The van der Waals surface area contributed by atoms with Gasteiger partial charge in [-0.15, -0.1) is 0 Å². The molecule has 0 spiro atoms. The summed E-state index contributed by atoms with van der Waals surface area (Å²) < 4.78 is 6.42. The van der Waals surface area contributed by atoms with Crippen molar-refractivity contribution in [3.63, 3.8) is 0 Å². The molecule has 0 amide bonds. The topological polar surface area (TPSA) is 29.7 Å². The van der Waals surface area contributed by atoms with Crippen LogP contribution in [-0.2, 0) is 6.54 Å². The number of unbranched alkanes of at least 4 members (excludes halogenated alkanes) is 1. The van der Waals surface area contributed by atoms with E-state index in [0.29, 0.717) is 0 Å². The van der Waals surface area contributed by atoms with Crippen LogP contribution in [0.5, 0.6) is 0 Å². The third-order valence-electron chi connectivity index (χ3n) is 2.40. The van der Waals surface area contributed by atoms with Gasteiger partial charge in [-0.05, 0) is 24.5 Å². The smallest absolute Gasteiger partial charge is 0.179 e. The molecule has 2 rings (SSSR count). The molecule has 0 unspecified atom stereocenters. The quantitative estimate of drug-likeness (QED) is 0.761. The number of aryl methyl sites for hydroxylation is 2. The third-order valence-corrected chi connectivity index (χ3v) is 3.26. The van der Waals surface area contributed by atoms with Gasteiger partial charge in [0, 0.05) is 12.5 Å². The van der Waals surface area contributed by atoms with Crippen LogP contribution in [0.3, 0.4) is 0 Å². The maximum absolute atomic E-state index is 4.40. The summed E-state index contributed by atoms with van der Waals surface area (Å²) in [5.41, 5.74) is 1.16. The van der Waals surface area contributed by atoms with Crippen LogP contribution in [0.25, 0.3) is 10.6 Å². The molecule has 3 nitrogen and oxygen atoms in total. The van der Waals surface area contributed by atoms with E-state index in [4.69, 9.17) is 0 Å². The second-order valence-electron chi connectivity index (χ2n) is 3.83. The van der Waals surface area contributed by atoms with Crippen molar-refractivity contribution >= 4 is 11.5 Å². The van der Waals surface area contributed by atoms with Crippen LogP contribution in [0.2, 0.25) is 0 Å². The fraction of sp³-hybridized carbons (Fsp3) is 0.417. The van der Waals surface area contributed by atoms with Crippen molar-refractivity contribution in [2.24, 2.45) is 0 Å². The number of hydrogen-bond donors (Lipinski definition) is 0. The van der Waals surface area contributed by atoms with E-state index in [0.717, 1.165) is 22.9 Å². The largest absolute Gasteiger partial charge is 0.219 e. The van der Waals surface area contributed by atoms with E-state index in [9.17, 15) is 0 Å². The Morgan fingerprint density at radius 2 is 2.31 bits per heavy atom. The summed E-state index contributed by atoms with van der Waals surface area (Å²) >= 11 is 1.46. The number of nitrogens with zero attached hydrogens (tertiary/aromatic N) is 3. The van der Waals surface area contributed by atoms with Gasteiger partial charge in [0.15, 0.2) is 12.4 Å². The minimum Gasteiger partial charge on any atom is -0.219 e. The lowest BCUT2D eigenvalue weighted by atomic mass is 10.3. The molecule has 0 fully saturated rings. The number of aromatic nitrogens is 3. The molecular weight excluding hydrogens is 218 g/mol. The zero-order valence-electron chi connectivity index (χ0n) is 9.68. The van der Waals surface area contributed by atoms with Crippen molar-refractivity contribution in [2.75, 3.05) is 0 Å². The van der Waals surface area contributed by atoms with Gasteiger partial charge >= 0.3 is 0 Å². The van der Waals surface area contributed by atoms with Gasteiger partial charge in [0.1, 0.15) is 17.4 Å². The van der Waals surface area contributed by atoms with Gasteiger partial charge in [-0.2, -0.15) is 4.37 Å². The van der Waals surface area contributed by atoms with E-state index in [1.807, 2.05) is 6.92 Å². The molecule has 2 aromatic heterocycles. The third kappa shape index (κ3) is 2.64. The first-order valence-corrected chi connectivity index (χ1v) is 6.36. The molecule has 0 aliphatic carbocycles. The van der Waals surface area contributed by atoms with Gasteiger partial charge in [0.05, 0.1) is 5.56 Å². The van der Waals surface area contributed by atoms with Gasteiger partial charge in [-0.25, -0.2) is 9.55 Å². The highest BCUT2D eigenvalue weighted by Gasteiger charge is 2.08. The minimum atomic E-state index is 0.851. The van der Waals surface area contributed by atoms with E-state index < -0.39 is 0 Å². The van der Waals surface area contributed by atoms with Crippen LogP contribution in [0, 0.1) is 6.92 Å². The molecule has 0 radical (unpaired) electrons. The maximum atomic E-state index is 4.40. The number of pyridine rings is 1. The summed E-state index contributed by atoms with van der Waals surface area (Å²) in [6, 6.07) is 4.16. The summed E-state index contributed by atoms with van der Waals surface area (Å²) in [7, 11) is 0. The molecule has 2 heterocycles. The predicted octanol–water partition coefficient (Wildman–Crippen LogP) is 2.60. The molecule has 0 N–H and O–H groups in total. The highest BCUT2D eigenvalue weighted by molar-refractivity contribution is 7.09. The standard InChI is InChI=1S/C12H16N3S/c1-3-4-7-15-8-5-6-11(9-15)12-13-10(2)14-16-12/h5-6,8-9H,3-4,7H2,1-2H3/q+1. The lowest BCUT2D eigenvalue weighted by Gasteiger charge is -1.97. The summed E-state index contributed by atoms with van der Waals surface area (Å²) in [6.07, 6.45) is 6.68. The molecule has 0 atom stereocenters. The highest BCUT2D eigenvalue weighted by Crippen LogP contribution is 2.18. The Morgan fingerprint density at radius 1 is 1.44 bits per heavy atom. The van der Waals surface area contributed by atoms with Gasteiger partial charge in [-0.3, -0.25) is 0 Å². The van der Waals surface area contributed by atoms with Crippen molar-refractivity contribution in [1.29, 1.82) is 0 Å². The fourth-order valence-electron chi connectivity index (χ4n) is 1.54. The van der Waals surface area contributed by atoms with Crippen molar-refractivity contribution in [3.8, 4) is 10.6 Å². The van der Waals surface area contributed by atoms with Gasteiger partial charge in [0.2, 0.25) is 0 Å². The van der Waals surface area contributed by atoms with Gasteiger partial charge in [-0.1, -0.05) is 13.3 Å². The molecule has 0 aliphatic heterocycles. The molecule has 0 aliphatic rings. The van der Waals surface area contributed by atoms with E-state index in [1.165, 1.54) is 24.4 Å². The fourth-order valence-corrected chi connectivity index (χ4v) is 2.20. The predicted molar refractivity (Wildman–Crippen MR) is 65.2 cm³/mol. The Balaban J connectivity index is 2.22. The monoisotopic (exact) mass is 234 g/mol. The Kier molecular flexibility index (Phi) is 3.62. The maximum Gasteiger partial charge on any atom is 0.179 e. The van der Waals surface area contributed by atoms with Crippen LogP contribution in [0.15, 0.2) is 24.5 Å². The van der Waals surface area contributed by atoms with E-state index in [-0.39, 0.29) is 0 Å². The second kappa shape index (κ2) is 5.16. The summed E-state index contributed by atoms with van der Waals surface area (Å²) in [5, 5.41) is 1.00. The molecule has 4 heteroatoms. The first kappa shape index (κ1) is 11.2. The molecule has 2 aromatic rings. The first-order chi connectivity index (χ1) is 7.79. The lowest BCUT2D eigenvalue weighted by molar-refractivity contribution is -0.696. The van der Waals surface area contributed by atoms with Gasteiger partial charge < -0.3 is 0 Å². The minimum absolute atomic E-state index is 0.851. The van der Waals surface area contributed by atoms with Crippen molar-refractivity contribution < 1.29 is 4.57 Å². The molecule has 16 heavy (non-hydrogen) atoms. The molecule has 0 bridgehead atoms. The average Bonchev–Trinajstić information content (AvgIpc) is 2.74. The van der Waals surface area contributed by atoms with Crippen LogP contribution < -0.4 is 4.57 Å². The molecule has 0 aromatic carbocycles. The van der Waals surface area contributed by atoms with E-state index in [1.54, 1.807) is 0 Å². The Morgan fingerprint density at radius 3 is 3.00 bits per heavy atom. The molecule has 0 saturated carbocycles. The van der Waals surface area contributed by atoms with Gasteiger partial charge in [0.25, 0.3) is 0 Å². The van der Waals surface area contributed by atoms with Crippen LogP contribution in [-0.4, -0.2) is 9.36 Å². The summed E-state index contributed by atoms with van der Waals surface area (Å²) in [5.74, 6) is 0.851. The zero-order chi connectivity index (χ0) is 11.4. The second-order valence-corrected chi connectivity index (χ2v) is 4.58. The van der Waals surface area contributed by atoms with Crippen LogP contribution >= 0.6 is 11.5 Å². The highest BCUT2D eigenvalue weighted by atomic mass is 32.1.